The average Bonchev–Trinajstić information content (AvgIpc) is 3.03. The first kappa shape index (κ1) is 15.2. The van der Waals surface area contributed by atoms with Gasteiger partial charge in [-0.2, -0.15) is 5.10 Å². The van der Waals surface area contributed by atoms with Crippen LogP contribution in [0.25, 0.3) is 11.3 Å². The van der Waals surface area contributed by atoms with E-state index in [1.54, 1.807) is 12.1 Å². The van der Waals surface area contributed by atoms with Crippen LogP contribution in [0, 0.1) is 6.92 Å². The van der Waals surface area contributed by atoms with Gasteiger partial charge in [0.2, 0.25) is 5.13 Å². The van der Waals surface area contributed by atoms with Gasteiger partial charge in [-0.1, -0.05) is 42.0 Å². The van der Waals surface area contributed by atoms with Crippen LogP contribution in [0.3, 0.4) is 0 Å². The Hall–Kier alpha value is -2.66. The molecule has 0 bridgehead atoms. The SMILES string of the molecule is CC(=NNc1nc(-c2ccc(C)cc2)cs1)c1ccccc1O. The highest BCUT2D eigenvalue weighted by atomic mass is 32.1. The molecule has 0 radical (unpaired) electrons. The van der Waals surface area contributed by atoms with Crippen LogP contribution in [0.5, 0.6) is 5.75 Å². The maximum absolute atomic E-state index is 9.83. The molecule has 2 aromatic carbocycles. The third-order valence-electron chi connectivity index (χ3n) is 3.46. The summed E-state index contributed by atoms with van der Waals surface area (Å²) in [5.41, 5.74) is 7.60. The standard InChI is InChI=1S/C18H17N3OS/c1-12-7-9-14(10-8-12)16-11-23-18(19-16)21-20-13(2)15-5-3-4-6-17(15)22/h3-11,22H,1-2H3,(H,19,21). The maximum atomic E-state index is 9.83. The van der Waals surface area contributed by atoms with Gasteiger partial charge in [-0.3, -0.25) is 5.43 Å². The fourth-order valence-corrected chi connectivity index (χ4v) is 2.81. The molecule has 3 rings (SSSR count). The van der Waals surface area contributed by atoms with E-state index in [2.05, 4.69) is 46.7 Å². The van der Waals surface area contributed by atoms with E-state index >= 15 is 0 Å². The zero-order valence-electron chi connectivity index (χ0n) is 12.9. The summed E-state index contributed by atoms with van der Waals surface area (Å²) in [6, 6.07) is 15.4. The zero-order valence-corrected chi connectivity index (χ0v) is 13.8. The molecule has 0 unspecified atom stereocenters. The van der Waals surface area contributed by atoms with Crippen molar-refractivity contribution in [1.29, 1.82) is 0 Å². The van der Waals surface area contributed by atoms with Crippen molar-refractivity contribution in [2.24, 2.45) is 5.10 Å². The van der Waals surface area contributed by atoms with Gasteiger partial charge in [-0.15, -0.1) is 11.3 Å². The van der Waals surface area contributed by atoms with Crippen molar-refractivity contribution in [1.82, 2.24) is 4.98 Å². The van der Waals surface area contributed by atoms with Crippen LogP contribution in [0.2, 0.25) is 0 Å². The van der Waals surface area contributed by atoms with E-state index in [1.165, 1.54) is 16.9 Å². The molecule has 0 aliphatic carbocycles. The summed E-state index contributed by atoms with van der Waals surface area (Å²) >= 11 is 1.50. The van der Waals surface area contributed by atoms with Crippen molar-refractivity contribution < 1.29 is 5.11 Å². The van der Waals surface area contributed by atoms with Gasteiger partial charge in [0.1, 0.15) is 5.75 Å². The molecule has 3 aromatic rings. The second kappa shape index (κ2) is 6.62. The van der Waals surface area contributed by atoms with Crippen molar-refractivity contribution >= 4 is 22.2 Å². The number of thiazole rings is 1. The second-order valence-electron chi connectivity index (χ2n) is 5.23. The van der Waals surface area contributed by atoms with Gasteiger partial charge in [0, 0.05) is 16.5 Å². The lowest BCUT2D eigenvalue weighted by Gasteiger charge is -2.03. The van der Waals surface area contributed by atoms with E-state index in [0.29, 0.717) is 11.3 Å². The number of aromatic hydroxyl groups is 1. The lowest BCUT2D eigenvalue weighted by atomic mass is 10.1. The van der Waals surface area contributed by atoms with Crippen LogP contribution in [-0.2, 0) is 0 Å². The van der Waals surface area contributed by atoms with Gasteiger partial charge in [0.05, 0.1) is 11.4 Å². The van der Waals surface area contributed by atoms with Crippen LogP contribution in [0.15, 0.2) is 59.0 Å². The fraction of sp³-hybridized carbons (Fsp3) is 0.111. The topological polar surface area (TPSA) is 57.5 Å². The molecule has 0 saturated heterocycles. The van der Waals surface area contributed by atoms with Gasteiger partial charge < -0.3 is 5.11 Å². The maximum Gasteiger partial charge on any atom is 0.203 e. The Morgan fingerprint density at radius 3 is 2.61 bits per heavy atom. The number of nitrogens with one attached hydrogen (secondary N) is 1. The minimum Gasteiger partial charge on any atom is -0.507 e. The number of phenols is 1. The van der Waals surface area contributed by atoms with Crippen molar-refractivity contribution in [2.75, 3.05) is 5.43 Å². The zero-order chi connectivity index (χ0) is 16.2. The molecule has 4 nitrogen and oxygen atoms in total. The molecule has 23 heavy (non-hydrogen) atoms. The smallest absolute Gasteiger partial charge is 0.203 e. The van der Waals surface area contributed by atoms with E-state index in [1.807, 2.05) is 24.4 Å². The highest BCUT2D eigenvalue weighted by Crippen LogP contribution is 2.25. The molecule has 0 amide bonds. The molecule has 0 aliphatic heterocycles. The highest BCUT2D eigenvalue weighted by molar-refractivity contribution is 7.14. The molecule has 5 heteroatoms. The molecule has 0 fully saturated rings. The number of hydrogen-bond donors (Lipinski definition) is 2. The van der Waals surface area contributed by atoms with E-state index in [9.17, 15) is 5.11 Å². The van der Waals surface area contributed by atoms with Crippen LogP contribution < -0.4 is 5.43 Å². The summed E-state index contributed by atoms with van der Waals surface area (Å²) in [6.45, 7) is 3.91. The summed E-state index contributed by atoms with van der Waals surface area (Å²) < 4.78 is 0. The van der Waals surface area contributed by atoms with E-state index < -0.39 is 0 Å². The largest absolute Gasteiger partial charge is 0.507 e. The molecule has 116 valence electrons. The highest BCUT2D eigenvalue weighted by Gasteiger charge is 2.06. The summed E-state index contributed by atoms with van der Waals surface area (Å²) in [5.74, 6) is 0.218. The van der Waals surface area contributed by atoms with Crippen LogP contribution in [-0.4, -0.2) is 15.8 Å². The summed E-state index contributed by atoms with van der Waals surface area (Å²) in [4.78, 5) is 4.54. The molecule has 1 heterocycles. The second-order valence-corrected chi connectivity index (χ2v) is 6.09. The monoisotopic (exact) mass is 323 g/mol. The Bertz CT molecular complexity index is 837. The first-order valence-electron chi connectivity index (χ1n) is 7.25. The Morgan fingerprint density at radius 1 is 1.13 bits per heavy atom. The van der Waals surface area contributed by atoms with Gasteiger partial charge in [0.15, 0.2) is 0 Å². The van der Waals surface area contributed by atoms with Crippen LogP contribution in [0.4, 0.5) is 5.13 Å². The number of phenolic OH excluding ortho intramolecular Hbond substituents is 1. The Balaban J connectivity index is 1.75. The van der Waals surface area contributed by atoms with Crippen molar-refractivity contribution in [3.05, 3.63) is 65.0 Å². The van der Waals surface area contributed by atoms with Gasteiger partial charge in [-0.05, 0) is 26.0 Å². The van der Waals surface area contributed by atoms with Crippen LogP contribution in [0.1, 0.15) is 18.1 Å². The molecule has 1 aromatic heterocycles. The first-order chi connectivity index (χ1) is 11.1. The van der Waals surface area contributed by atoms with Gasteiger partial charge in [-0.25, -0.2) is 4.98 Å². The summed E-state index contributed by atoms with van der Waals surface area (Å²) in [6.07, 6.45) is 0. The van der Waals surface area contributed by atoms with Crippen molar-refractivity contribution in [3.63, 3.8) is 0 Å². The number of anilines is 1. The summed E-state index contributed by atoms with van der Waals surface area (Å²) in [7, 11) is 0. The number of aromatic nitrogens is 1. The number of benzene rings is 2. The van der Waals surface area contributed by atoms with Crippen molar-refractivity contribution in [2.45, 2.75) is 13.8 Å². The van der Waals surface area contributed by atoms with E-state index in [4.69, 9.17) is 0 Å². The number of nitrogens with zero attached hydrogens (tertiary/aromatic N) is 2. The Labute approximate surface area is 139 Å². The molecule has 0 spiro atoms. The lowest BCUT2D eigenvalue weighted by molar-refractivity contribution is 0.474. The van der Waals surface area contributed by atoms with Crippen LogP contribution >= 0.6 is 11.3 Å². The molecule has 2 N–H and O–H groups in total. The quantitative estimate of drug-likeness (QED) is 0.542. The van der Waals surface area contributed by atoms with E-state index in [0.717, 1.165) is 16.4 Å². The summed E-state index contributed by atoms with van der Waals surface area (Å²) in [5, 5.41) is 16.8. The third-order valence-corrected chi connectivity index (χ3v) is 4.21. The third kappa shape index (κ3) is 3.57. The number of hydrogen-bond acceptors (Lipinski definition) is 5. The van der Waals surface area contributed by atoms with Crippen molar-refractivity contribution in [3.8, 4) is 17.0 Å². The number of hydrazone groups is 1. The number of para-hydroxylation sites is 1. The molecule has 0 atom stereocenters. The molecule has 0 saturated carbocycles. The normalized spacial score (nSPS) is 11.5. The predicted octanol–water partition coefficient (Wildman–Crippen LogP) is 4.66. The number of rotatable bonds is 4. The van der Waals surface area contributed by atoms with Gasteiger partial charge >= 0.3 is 0 Å². The minimum atomic E-state index is 0.218. The first-order valence-corrected chi connectivity index (χ1v) is 8.12. The minimum absolute atomic E-state index is 0.218. The fourth-order valence-electron chi connectivity index (χ4n) is 2.15. The number of aryl methyl sites for hydroxylation is 1. The lowest BCUT2D eigenvalue weighted by Crippen LogP contribution is -1.99. The van der Waals surface area contributed by atoms with E-state index in [-0.39, 0.29) is 5.75 Å². The molecular formula is C18H17N3OS. The Morgan fingerprint density at radius 2 is 1.87 bits per heavy atom. The molecular weight excluding hydrogens is 306 g/mol. The average molecular weight is 323 g/mol. The Kier molecular flexibility index (Phi) is 4.39. The molecule has 0 aliphatic rings. The predicted molar refractivity (Wildman–Crippen MR) is 96.2 cm³/mol. The van der Waals surface area contributed by atoms with Gasteiger partial charge in [0.25, 0.3) is 0 Å².